The molecular weight excluding hydrogens is 453 g/mol. The van der Waals surface area contributed by atoms with Gasteiger partial charge in [0.2, 0.25) is 0 Å². The van der Waals surface area contributed by atoms with Crippen molar-refractivity contribution in [2.45, 2.75) is 6.18 Å². The minimum absolute atomic E-state index is 0.0148. The van der Waals surface area contributed by atoms with Gasteiger partial charge in [-0.1, -0.05) is 22.0 Å². The number of nitrogens with one attached hydrogen (secondary N) is 3. The molecule has 3 rings (SSSR count). The molecule has 0 spiro atoms. The highest BCUT2D eigenvalue weighted by Crippen LogP contribution is 2.32. The first-order chi connectivity index (χ1) is 13.7. The van der Waals surface area contributed by atoms with Crippen molar-refractivity contribution in [1.82, 2.24) is 15.4 Å². The van der Waals surface area contributed by atoms with E-state index in [1.165, 1.54) is 12.1 Å². The smallest absolute Gasteiger partial charge is 0.393 e. The summed E-state index contributed by atoms with van der Waals surface area (Å²) in [7, 11) is 0. The molecule has 0 radical (unpaired) electrons. The van der Waals surface area contributed by atoms with E-state index in [0.29, 0.717) is 5.56 Å². The summed E-state index contributed by atoms with van der Waals surface area (Å²) < 4.78 is 39.4. The molecule has 0 bridgehead atoms. The average molecular weight is 467 g/mol. The molecule has 0 atom stereocenters. The molecule has 0 aliphatic heterocycles. The summed E-state index contributed by atoms with van der Waals surface area (Å²) in [5, 5.41) is 2.72. The van der Waals surface area contributed by atoms with E-state index in [0.717, 1.165) is 22.9 Å². The average Bonchev–Trinajstić information content (AvgIpc) is 2.68. The van der Waals surface area contributed by atoms with Gasteiger partial charge in [0.15, 0.2) is 11.6 Å². The Hall–Kier alpha value is -3.34. The molecule has 0 saturated heterocycles. The lowest BCUT2D eigenvalue weighted by atomic mass is 10.2. The number of aromatic nitrogens is 2. The van der Waals surface area contributed by atoms with Crippen LogP contribution in [0.4, 0.5) is 36.2 Å². The Morgan fingerprint density at radius 2 is 1.72 bits per heavy atom. The van der Waals surface area contributed by atoms with Crippen molar-refractivity contribution in [2.75, 3.05) is 16.5 Å². The number of hydrogen-bond acceptors (Lipinski definition) is 6. The zero-order valence-corrected chi connectivity index (χ0v) is 16.2. The van der Waals surface area contributed by atoms with Crippen LogP contribution in [0.5, 0.6) is 0 Å². The van der Waals surface area contributed by atoms with Crippen molar-refractivity contribution >= 4 is 44.8 Å². The van der Waals surface area contributed by atoms with Gasteiger partial charge in [-0.05, 0) is 42.5 Å². The van der Waals surface area contributed by atoms with Gasteiger partial charge in [-0.3, -0.25) is 15.6 Å². The van der Waals surface area contributed by atoms with Crippen molar-refractivity contribution in [2.24, 2.45) is 0 Å². The minimum atomic E-state index is -4.47. The number of alkyl halides is 3. The summed E-state index contributed by atoms with van der Waals surface area (Å²) in [6.07, 6.45) is -3.32. The van der Waals surface area contributed by atoms with Crippen LogP contribution < -0.4 is 21.9 Å². The van der Waals surface area contributed by atoms with Crippen molar-refractivity contribution in [1.29, 1.82) is 0 Å². The van der Waals surface area contributed by atoms with Gasteiger partial charge in [0.05, 0.1) is 5.56 Å². The van der Waals surface area contributed by atoms with Crippen LogP contribution in [0, 0.1) is 0 Å². The van der Waals surface area contributed by atoms with Crippen LogP contribution in [0.1, 0.15) is 15.9 Å². The molecule has 1 amide bonds. The Morgan fingerprint density at radius 3 is 2.41 bits per heavy atom. The monoisotopic (exact) mass is 466 g/mol. The number of hydrogen-bond donors (Lipinski definition) is 4. The first kappa shape index (κ1) is 20.4. The highest BCUT2D eigenvalue weighted by Gasteiger charge is 2.30. The van der Waals surface area contributed by atoms with E-state index in [9.17, 15) is 18.0 Å². The Kier molecular flexibility index (Phi) is 5.87. The molecule has 29 heavy (non-hydrogen) atoms. The second-order valence-corrected chi connectivity index (χ2v) is 6.69. The first-order valence-electron chi connectivity index (χ1n) is 8.11. The van der Waals surface area contributed by atoms with E-state index < -0.39 is 17.6 Å². The lowest BCUT2D eigenvalue weighted by Crippen LogP contribution is -2.30. The number of amides is 1. The topological polar surface area (TPSA) is 105 Å². The number of halogens is 4. The lowest BCUT2D eigenvalue weighted by molar-refractivity contribution is -0.137. The first-order valence-corrected chi connectivity index (χ1v) is 8.90. The molecule has 11 heteroatoms. The lowest BCUT2D eigenvalue weighted by Gasteiger charge is -2.14. The summed E-state index contributed by atoms with van der Waals surface area (Å²) in [6.45, 7) is 0. The largest absolute Gasteiger partial charge is 0.416 e. The van der Waals surface area contributed by atoms with Gasteiger partial charge < -0.3 is 11.1 Å². The summed E-state index contributed by atoms with van der Waals surface area (Å²) in [4.78, 5) is 20.0. The third-order valence-electron chi connectivity index (χ3n) is 3.74. The van der Waals surface area contributed by atoms with Gasteiger partial charge in [-0.2, -0.15) is 13.2 Å². The van der Waals surface area contributed by atoms with Crippen molar-refractivity contribution in [3.63, 3.8) is 0 Å². The number of benzene rings is 2. The predicted molar refractivity (Wildman–Crippen MR) is 106 cm³/mol. The van der Waals surface area contributed by atoms with Crippen LogP contribution in [0.15, 0.2) is 59.3 Å². The molecule has 5 N–H and O–H groups in total. The number of nitrogens with two attached hydrogens (primary N) is 1. The van der Waals surface area contributed by atoms with Crippen molar-refractivity contribution in [3.8, 4) is 0 Å². The SMILES string of the molecule is Nc1c(NNC(=O)c2ccc(Br)cc2)ncnc1Nc1cccc(C(F)(F)F)c1. The summed E-state index contributed by atoms with van der Waals surface area (Å²) in [6, 6.07) is 11.3. The zero-order valence-electron chi connectivity index (χ0n) is 14.6. The Morgan fingerprint density at radius 1 is 1.03 bits per heavy atom. The number of hydrazine groups is 1. The van der Waals surface area contributed by atoms with Crippen molar-refractivity contribution < 1.29 is 18.0 Å². The van der Waals surface area contributed by atoms with E-state index in [-0.39, 0.29) is 23.0 Å². The number of nitrogens with zero attached hydrogens (tertiary/aromatic N) is 2. The molecule has 0 fully saturated rings. The molecule has 0 saturated carbocycles. The van der Waals surface area contributed by atoms with E-state index >= 15 is 0 Å². The Balaban J connectivity index is 1.73. The van der Waals surface area contributed by atoms with E-state index in [4.69, 9.17) is 5.73 Å². The van der Waals surface area contributed by atoms with Crippen LogP contribution in [0.3, 0.4) is 0 Å². The molecule has 2 aromatic carbocycles. The van der Waals surface area contributed by atoms with Crippen molar-refractivity contribution in [3.05, 3.63) is 70.5 Å². The highest BCUT2D eigenvalue weighted by molar-refractivity contribution is 9.10. The molecule has 150 valence electrons. The van der Waals surface area contributed by atoms with Gasteiger partial charge in [-0.25, -0.2) is 9.97 Å². The Labute approximate surface area is 171 Å². The normalized spacial score (nSPS) is 11.0. The number of anilines is 4. The maximum atomic E-state index is 12.9. The minimum Gasteiger partial charge on any atom is -0.393 e. The fourth-order valence-electron chi connectivity index (χ4n) is 2.29. The fraction of sp³-hybridized carbons (Fsp3) is 0.0556. The van der Waals surface area contributed by atoms with Crippen LogP contribution in [0.25, 0.3) is 0 Å². The van der Waals surface area contributed by atoms with Gasteiger partial charge in [0.25, 0.3) is 5.91 Å². The van der Waals surface area contributed by atoms with Crippen LogP contribution >= 0.6 is 15.9 Å². The maximum Gasteiger partial charge on any atom is 0.416 e. The number of nitrogen functional groups attached to an aromatic ring is 1. The molecule has 0 unspecified atom stereocenters. The third kappa shape index (κ3) is 5.13. The van der Waals surface area contributed by atoms with Gasteiger partial charge in [0, 0.05) is 15.7 Å². The number of carbonyl (C=O) groups is 1. The molecular formula is C18H14BrF3N6O. The fourth-order valence-corrected chi connectivity index (χ4v) is 2.56. The predicted octanol–water partition coefficient (Wildman–Crippen LogP) is 4.34. The molecule has 1 aromatic heterocycles. The van der Waals surface area contributed by atoms with Crippen LogP contribution in [-0.2, 0) is 6.18 Å². The molecule has 3 aromatic rings. The summed E-state index contributed by atoms with van der Waals surface area (Å²) in [5.74, 6) is -0.262. The highest BCUT2D eigenvalue weighted by atomic mass is 79.9. The quantitative estimate of drug-likeness (QED) is 0.417. The second-order valence-electron chi connectivity index (χ2n) is 5.77. The van der Waals surface area contributed by atoms with Gasteiger partial charge >= 0.3 is 6.18 Å². The number of rotatable bonds is 5. The molecule has 7 nitrogen and oxygen atoms in total. The van der Waals surface area contributed by atoms with Crippen LogP contribution in [-0.4, -0.2) is 15.9 Å². The standard InChI is InChI=1S/C18H14BrF3N6O/c19-12-6-4-10(5-7-12)17(29)28-27-16-14(23)15(24-9-25-16)26-13-3-1-2-11(8-13)18(20,21)22/h1-9H,23H2,(H,28,29)(H2,24,25,26,27). The van der Waals surface area contributed by atoms with E-state index in [1.54, 1.807) is 24.3 Å². The Bertz CT molecular complexity index is 1030. The summed E-state index contributed by atoms with van der Waals surface area (Å²) >= 11 is 3.28. The molecule has 1 heterocycles. The van der Waals surface area contributed by atoms with Crippen LogP contribution in [0.2, 0.25) is 0 Å². The molecule has 0 aliphatic rings. The maximum absolute atomic E-state index is 12.9. The second kappa shape index (κ2) is 8.35. The number of carbonyl (C=O) groups excluding carboxylic acids is 1. The zero-order chi connectivity index (χ0) is 21.0. The van der Waals surface area contributed by atoms with E-state index in [2.05, 4.69) is 42.1 Å². The summed E-state index contributed by atoms with van der Waals surface area (Å²) in [5.41, 5.74) is 10.7. The van der Waals surface area contributed by atoms with Gasteiger partial charge in [-0.15, -0.1) is 0 Å². The third-order valence-corrected chi connectivity index (χ3v) is 4.27. The van der Waals surface area contributed by atoms with Gasteiger partial charge in [0.1, 0.15) is 12.0 Å². The van der Waals surface area contributed by atoms with E-state index in [1.807, 2.05) is 0 Å². The molecule has 0 aliphatic carbocycles.